The van der Waals surface area contributed by atoms with Gasteiger partial charge in [-0.2, -0.15) is 4.89 Å². The molecule has 0 atom stereocenters. The van der Waals surface area contributed by atoms with Crippen LogP contribution < -0.4 is 0 Å². The van der Waals surface area contributed by atoms with Gasteiger partial charge in [-0.15, -0.1) is 0 Å². The number of rotatable bonds is 1. The highest BCUT2D eigenvalue weighted by atomic mass is 31.0. The summed E-state index contributed by atoms with van der Waals surface area (Å²) in [4.78, 5) is 17.5. The Bertz CT molecular complexity index is 83.0. The molecule has 0 radical (unpaired) electrons. The van der Waals surface area contributed by atoms with Crippen molar-refractivity contribution in [3.63, 3.8) is 0 Å². The smallest absolute Gasteiger partial charge is 0.430 e. The predicted molar refractivity (Wildman–Crippen MR) is 22.8 cm³/mol. The third-order valence-electron chi connectivity index (χ3n) is 0.236. The van der Waals surface area contributed by atoms with Gasteiger partial charge in [0.1, 0.15) is 0 Å². The molecule has 0 fully saturated rings. The molecule has 0 bridgehead atoms. The van der Waals surface area contributed by atoms with E-state index in [4.69, 9.17) is 0 Å². The Morgan fingerprint density at radius 3 is 2.57 bits per heavy atom. The van der Waals surface area contributed by atoms with E-state index in [0.29, 0.717) is 0 Å². The van der Waals surface area contributed by atoms with Crippen LogP contribution in [-0.4, -0.2) is 13.2 Å². The van der Waals surface area contributed by atoms with Gasteiger partial charge in [0.25, 0.3) is 0 Å². The fourth-order valence-corrected chi connectivity index (χ4v) is 0.121. The van der Waals surface area contributed by atoms with Crippen LogP contribution in [0.3, 0.4) is 0 Å². The second-order valence-electron chi connectivity index (χ2n) is 0.616. The van der Waals surface area contributed by atoms with Crippen molar-refractivity contribution in [2.75, 3.05) is 7.11 Å². The molecule has 7 heavy (non-hydrogen) atoms. The number of carbonyl (C=O) groups is 1. The summed E-state index contributed by atoms with van der Waals surface area (Å²) in [7, 11) is 4.43. The summed E-state index contributed by atoms with van der Waals surface area (Å²) in [5.41, 5.74) is 0. The van der Waals surface area contributed by atoms with Gasteiger partial charge in [-0.05, 0) is 0 Å². The quantitative estimate of drug-likeness (QED) is 0.297. The molecular weight excluding hydrogens is 117 g/mol. The lowest BCUT2D eigenvalue weighted by molar-refractivity contribution is -0.209. The normalized spacial score (nSPS) is 7.57. The highest BCUT2D eigenvalue weighted by Gasteiger charge is 1.85. The molecule has 0 saturated carbocycles. The Kier molecular flexibility index (Phi) is 3.46. The second kappa shape index (κ2) is 3.71. The molecule has 0 heterocycles. The molecule has 0 aromatic carbocycles. The Morgan fingerprint density at radius 2 is 2.43 bits per heavy atom. The van der Waals surface area contributed by atoms with E-state index in [1.165, 1.54) is 7.11 Å². The summed E-state index contributed by atoms with van der Waals surface area (Å²) in [6.45, 7) is 0. The van der Waals surface area contributed by atoms with Crippen molar-refractivity contribution in [3.05, 3.63) is 0 Å². The van der Waals surface area contributed by atoms with Gasteiger partial charge in [-0.1, -0.05) is 0 Å². The second-order valence-corrected chi connectivity index (χ2v) is 0.816. The Labute approximate surface area is 42.7 Å². The Hall–Kier alpha value is -0.470. The molecule has 0 saturated heterocycles. The third kappa shape index (κ3) is 3.36. The van der Waals surface area contributed by atoms with Gasteiger partial charge in [0.05, 0.1) is 7.11 Å². The summed E-state index contributed by atoms with van der Waals surface area (Å²) >= 11 is 0. The minimum Gasteiger partial charge on any atom is -0.596 e. The zero-order valence-electron chi connectivity index (χ0n) is 3.62. The number of hydrogen-bond donors (Lipinski definition) is 0. The van der Waals surface area contributed by atoms with E-state index < -0.39 is 6.09 Å². The molecule has 0 aliphatic carbocycles. The fraction of sp³-hybridized carbons (Fsp3) is 0.500. The van der Waals surface area contributed by atoms with Crippen LogP contribution in [0.2, 0.25) is 0 Å². The molecule has 40 valence electrons. The Morgan fingerprint density at radius 1 is 1.86 bits per heavy atom. The van der Waals surface area contributed by atoms with Crippen molar-refractivity contribution in [2.45, 2.75) is 0 Å². The third-order valence-corrected chi connectivity index (χ3v) is 0.400. The van der Waals surface area contributed by atoms with Crippen LogP contribution in [-0.2, 0) is 9.78 Å². The monoisotopic (exact) mass is 120 g/mol. The van der Waals surface area contributed by atoms with Crippen LogP contribution in [0.4, 0.5) is 4.79 Å². The first kappa shape index (κ1) is 6.53. The van der Waals surface area contributed by atoms with Crippen LogP contribution in [0, 0.1) is 0 Å². The topological polar surface area (TPSA) is 47.9 Å². The van der Waals surface area contributed by atoms with E-state index in [1.54, 1.807) is 0 Å². The van der Waals surface area contributed by atoms with Gasteiger partial charge in [0.2, 0.25) is 0 Å². The molecule has 1 amide bonds. The Balaban J connectivity index is 3.17. The van der Waals surface area contributed by atoms with Crippen molar-refractivity contribution in [2.24, 2.45) is 4.74 Å². The lowest BCUT2D eigenvalue weighted by atomic mass is 11.3. The van der Waals surface area contributed by atoms with Gasteiger partial charge in [0, 0.05) is 0 Å². The molecule has 4 nitrogen and oxygen atoms in total. The van der Waals surface area contributed by atoms with Gasteiger partial charge >= 0.3 is 6.09 Å². The first-order valence-electron chi connectivity index (χ1n) is 1.41. The summed E-state index contributed by atoms with van der Waals surface area (Å²) < 4.78 is 2.79. The van der Waals surface area contributed by atoms with E-state index >= 15 is 0 Å². The van der Waals surface area contributed by atoms with Crippen molar-refractivity contribution in [1.29, 1.82) is 0 Å². The highest BCUT2D eigenvalue weighted by Crippen LogP contribution is 1.83. The molecule has 0 N–H and O–H groups in total. The molecule has 0 unspecified atom stereocenters. The predicted octanol–water partition coefficient (Wildman–Crippen LogP) is 1.28. The van der Waals surface area contributed by atoms with Crippen molar-refractivity contribution in [1.82, 2.24) is 0 Å². The maximum atomic E-state index is 9.82. The highest BCUT2D eigenvalue weighted by molar-refractivity contribution is 7.04. The molecule has 0 aliphatic heterocycles. The summed E-state index contributed by atoms with van der Waals surface area (Å²) in [6, 6.07) is 0. The first-order valence-corrected chi connectivity index (χ1v) is 1.81. The number of amides is 1. The van der Waals surface area contributed by atoms with Crippen LogP contribution >= 0.6 is 9.03 Å². The van der Waals surface area contributed by atoms with E-state index in [9.17, 15) is 4.79 Å². The number of carbonyl (C=O) groups excluding carboxylic acids is 1. The SMILES string of the molecule is COOC(=O)N=[P-]. The molecular formula is C2H3NO3P-. The van der Waals surface area contributed by atoms with E-state index in [2.05, 4.69) is 23.6 Å². The van der Waals surface area contributed by atoms with Crippen molar-refractivity contribution in [3.8, 4) is 0 Å². The van der Waals surface area contributed by atoms with Gasteiger partial charge in [0.15, 0.2) is 0 Å². The van der Waals surface area contributed by atoms with Crippen molar-refractivity contribution < 1.29 is 14.6 Å². The van der Waals surface area contributed by atoms with Gasteiger partial charge in [-0.3, -0.25) is 4.89 Å². The molecule has 0 rings (SSSR count). The minimum absolute atomic E-state index is 0.856. The summed E-state index contributed by atoms with van der Waals surface area (Å²) in [5.74, 6) is 0. The van der Waals surface area contributed by atoms with Gasteiger partial charge in [-0.25, -0.2) is 4.79 Å². The lowest BCUT2D eigenvalue weighted by Gasteiger charge is -1.92. The van der Waals surface area contributed by atoms with Crippen molar-refractivity contribution >= 4 is 15.1 Å². The molecule has 0 aromatic heterocycles. The molecule has 0 aromatic rings. The van der Waals surface area contributed by atoms with E-state index in [0.717, 1.165) is 0 Å². The lowest BCUT2D eigenvalue weighted by Crippen LogP contribution is -1.93. The van der Waals surface area contributed by atoms with E-state index in [-0.39, 0.29) is 0 Å². The largest absolute Gasteiger partial charge is 0.596 e. The standard InChI is InChI=1S/C2H3NO3P/c1-5-6-2(4)3-7/h1H3/q-1. The average molecular weight is 120 g/mol. The summed E-state index contributed by atoms with van der Waals surface area (Å²) in [5, 5.41) is 0. The average Bonchev–Trinajstić information content (AvgIpc) is 1.68. The summed E-state index contributed by atoms with van der Waals surface area (Å²) in [6.07, 6.45) is -0.856. The maximum absolute atomic E-state index is 9.82. The number of nitrogens with zero attached hydrogens (tertiary/aromatic N) is 1. The minimum atomic E-state index is -0.856. The fourth-order valence-electron chi connectivity index (χ4n) is 0.0880. The van der Waals surface area contributed by atoms with Gasteiger partial charge < -0.3 is 13.8 Å². The zero-order valence-corrected chi connectivity index (χ0v) is 4.51. The van der Waals surface area contributed by atoms with Crippen LogP contribution in [0.1, 0.15) is 0 Å². The van der Waals surface area contributed by atoms with Crippen LogP contribution in [0.5, 0.6) is 0 Å². The zero-order chi connectivity index (χ0) is 5.70. The first-order chi connectivity index (χ1) is 3.31. The van der Waals surface area contributed by atoms with Crippen LogP contribution in [0.25, 0.3) is 0 Å². The molecule has 0 spiro atoms. The van der Waals surface area contributed by atoms with Crippen LogP contribution in [0.15, 0.2) is 4.74 Å². The van der Waals surface area contributed by atoms with E-state index in [1.807, 2.05) is 0 Å². The molecule has 0 aliphatic rings. The number of hydrogen-bond acceptors (Lipinski definition) is 3. The molecule has 5 heteroatoms. The maximum Gasteiger partial charge on any atom is 0.430 e.